The van der Waals surface area contributed by atoms with Gasteiger partial charge in [-0.1, -0.05) is 0 Å². The van der Waals surface area contributed by atoms with Crippen LogP contribution >= 0.6 is 0 Å². The molecule has 0 unspecified atom stereocenters. The van der Waals surface area contributed by atoms with Gasteiger partial charge in [-0.25, -0.2) is 14.8 Å². The van der Waals surface area contributed by atoms with Gasteiger partial charge in [0, 0.05) is 18.4 Å². The van der Waals surface area contributed by atoms with Gasteiger partial charge in [0.2, 0.25) is 5.95 Å². The van der Waals surface area contributed by atoms with Gasteiger partial charge >= 0.3 is 5.97 Å². The maximum absolute atomic E-state index is 10.9. The highest BCUT2D eigenvalue weighted by molar-refractivity contribution is 5.85. The van der Waals surface area contributed by atoms with Crippen molar-refractivity contribution in [3.05, 3.63) is 35.4 Å². The Kier molecular flexibility index (Phi) is 3.74. The van der Waals surface area contributed by atoms with E-state index in [0.29, 0.717) is 24.7 Å². The fraction of sp³-hybridized carbons (Fsp3) is 0.333. The first kappa shape index (κ1) is 13.0. The second kappa shape index (κ2) is 5.47. The van der Waals surface area contributed by atoms with E-state index in [1.807, 2.05) is 13.1 Å². The summed E-state index contributed by atoms with van der Waals surface area (Å²) in [4.78, 5) is 18.9. The van der Waals surface area contributed by atoms with Gasteiger partial charge in [0.15, 0.2) is 5.69 Å². The zero-order valence-electron chi connectivity index (χ0n) is 10.8. The molecule has 0 saturated heterocycles. The molecule has 100 valence electrons. The Morgan fingerprint density at radius 1 is 1.42 bits per heavy atom. The molecule has 7 nitrogen and oxygen atoms in total. The third-order valence-electron chi connectivity index (χ3n) is 2.46. The van der Waals surface area contributed by atoms with Crippen LogP contribution in [0.3, 0.4) is 0 Å². The molecule has 2 N–H and O–H groups in total. The number of nitrogens with zero attached hydrogens (tertiary/aromatic N) is 4. The van der Waals surface area contributed by atoms with Crippen LogP contribution in [0.2, 0.25) is 0 Å². The SMILES string of the molecule is Cc1cnn(CCNc2nc(C)cc(C(=O)O)n2)c1. The Bertz CT molecular complexity index is 594. The maximum Gasteiger partial charge on any atom is 0.354 e. The summed E-state index contributed by atoms with van der Waals surface area (Å²) in [5.74, 6) is -0.738. The van der Waals surface area contributed by atoms with Crippen molar-refractivity contribution in [3.8, 4) is 0 Å². The third-order valence-corrected chi connectivity index (χ3v) is 2.46. The molecule has 0 radical (unpaired) electrons. The van der Waals surface area contributed by atoms with Crippen LogP contribution in [-0.2, 0) is 6.54 Å². The lowest BCUT2D eigenvalue weighted by molar-refractivity contribution is 0.0690. The lowest BCUT2D eigenvalue weighted by Crippen LogP contribution is -2.14. The first-order chi connectivity index (χ1) is 9.04. The molecule has 0 aliphatic carbocycles. The van der Waals surface area contributed by atoms with E-state index in [0.717, 1.165) is 5.56 Å². The van der Waals surface area contributed by atoms with Crippen molar-refractivity contribution in [2.24, 2.45) is 0 Å². The van der Waals surface area contributed by atoms with E-state index in [9.17, 15) is 4.79 Å². The monoisotopic (exact) mass is 261 g/mol. The van der Waals surface area contributed by atoms with Gasteiger partial charge in [-0.2, -0.15) is 5.10 Å². The minimum atomic E-state index is -1.06. The molecule has 0 saturated carbocycles. The van der Waals surface area contributed by atoms with Crippen LogP contribution in [-0.4, -0.2) is 37.4 Å². The van der Waals surface area contributed by atoms with Crippen molar-refractivity contribution in [2.45, 2.75) is 20.4 Å². The number of aromatic nitrogens is 4. The Morgan fingerprint density at radius 2 is 2.21 bits per heavy atom. The van der Waals surface area contributed by atoms with E-state index in [1.165, 1.54) is 6.07 Å². The number of carboxylic acids is 1. The molecule has 2 aromatic heterocycles. The highest BCUT2D eigenvalue weighted by Gasteiger charge is 2.08. The minimum absolute atomic E-state index is 0.00932. The van der Waals surface area contributed by atoms with Gasteiger partial charge in [0.25, 0.3) is 0 Å². The van der Waals surface area contributed by atoms with Gasteiger partial charge in [0.05, 0.1) is 12.7 Å². The van der Waals surface area contributed by atoms with E-state index < -0.39 is 5.97 Å². The van der Waals surface area contributed by atoms with Crippen LogP contribution < -0.4 is 5.32 Å². The number of nitrogens with one attached hydrogen (secondary N) is 1. The molecule has 0 aliphatic heterocycles. The Labute approximate surface area is 110 Å². The van der Waals surface area contributed by atoms with Crippen LogP contribution in [0.1, 0.15) is 21.7 Å². The highest BCUT2D eigenvalue weighted by Crippen LogP contribution is 2.05. The van der Waals surface area contributed by atoms with E-state index in [1.54, 1.807) is 17.8 Å². The summed E-state index contributed by atoms with van der Waals surface area (Å²) in [6.07, 6.45) is 3.72. The Hall–Kier alpha value is -2.44. The molecular formula is C12H15N5O2. The third kappa shape index (κ3) is 3.51. The Morgan fingerprint density at radius 3 is 2.84 bits per heavy atom. The number of aromatic carboxylic acids is 1. The van der Waals surface area contributed by atoms with Crippen molar-refractivity contribution in [2.75, 3.05) is 11.9 Å². The number of carboxylic acid groups (broad SMARTS) is 1. The predicted octanol–water partition coefficient (Wildman–Crippen LogP) is 1.10. The van der Waals surface area contributed by atoms with Crippen LogP contribution in [0.25, 0.3) is 0 Å². The second-order valence-corrected chi connectivity index (χ2v) is 4.23. The van der Waals surface area contributed by atoms with E-state index in [4.69, 9.17) is 5.11 Å². The van der Waals surface area contributed by atoms with Crippen molar-refractivity contribution in [1.29, 1.82) is 0 Å². The van der Waals surface area contributed by atoms with Crippen LogP contribution in [0, 0.1) is 13.8 Å². The first-order valence-electron chi connectivity index (χ1n) is 5.86. The standard InChI is InChI=1S/C12H15N5O2/c1-8-6-14-17(7-8)4-3-13-12-15-9(2)5-10(16-12)11(18)19/h5-7H,3-4H2,1-2H3,(H,18,19)(H,13,15,16). The van der Waals surface area contributed by atoms with Gasteiger partial charge < -0.3 is 10.4 Å². The van der Waals surface area contributed by atoms with Crippen molar-refractivity contribution < 1.29 is 9.90 Å². The van der Waals surface area contributed by atoms with Crippen molar-refractivity contribution in [3.63, 3.8) is 0 Å². The molecule has 2 aromatic rings. The summed E-state index contributed by atoms with van der Waals surface area (Å²) in [5.41, 5.74) is 1.70. The van der Waals surface area contributed by atoms with Crippen molar-refractivity contribution in [1.82, 2.24) is 19.7 Å². The van der Waals surface area contributed by atoms with Gasteiger partial charge in [0.1, 0.15) is 0 Å². The molecule has 2 rings (SSSR count). The summed E-state index contributed by atoms with van der Waals surface area (Å²) in [6.45, 7) is 4.94. The molecule has 0 atom stereocenters. The van der Waals surface area contributed by atoms with Gasteiger partial charge in [-0.3, -0.25) is 4.68 Å². The van der Waals surface area contributed by atoms with Gasteiger partial charge in [-0.05, 0) is 25.5 Å². The minimum Gasteiger partial charge on any atom is -0.477 e. The average molecular weight is 261 g/mol. The smallest absolute Gasteiger partial charge is 0.354 e. The fourth-order valence-electron chi connectivity index (χ4n) is 1.63. The predicted molar refractivity (Wildman–Crippen MR) is 69.2 cm³/mol. The van der Waals surface area contributed by atoms with Crippen LogP contribution in [0.5, 0.6) is 0 Å². The highest BCUT2D eigenvalue weighted by atomic mass is 16.4. The van der Waals surface area contributed by atoms with Crippen LogP contribution in [0.4, 0.5) is 5.95 Å². The van der Waals surface area contributed by atoms with E-state index in [2.05, 4.69) is 20.4 Å². The molecule has 0 bridgehead atoms. The molecule has 19 heavy (non-hydrogen) atoms. The summed E-state index contributed by atoms with van der Waals surface area (Å²) in [6, 6.07) is 1.43. The fourth-order valence-corrected chi connectivity index (χ4v) is 1.63. The largest absolute Gasteiger partial charge is 0.477 e. The zero-order chi connectivity index (χ0) is 13.8. The second-order valence-electron chi connectivity index (χ2n) is 4.23. The Balaban J connectivity index is 1.97. The number of hydrogen-bond acceptors (Lipinski definition) is 5. The van der Waals surface area contributed by atoms with E-state index >= 15 is 0 Å². The lowest BCUT2D eigenvalue weighted by Gasteiger charge is -2.06. The molecular weight excluding hydrogens is 246 g/mol. The van der Waals surface area contributed by atoms with Crippen LogP contribution in [0.15, 0.2) is 18.5 Å². The van der Waals surface area contributed by atoms with E-state index in [-0.39, 0.29) is 5.69 Å². The molecule has 0 fully saturated rings. The zero-order valence-corrected chi connectivity index (χ0v) is 10.8. The number of rotatable bonds is 5. The first-order valence-corrected chi connectivity index (χ1v) is 5.86. The summed E-state index contributed by atoms with van der Waals surface area (Å²) in [7, 11) is 0. The number of aryl methyl sites for hydroxylation is 2. The molecule has 7 heteroatoms. The van der Waals surface area contributed by atoms with Gasteiger partial charge in [-0.15, -0.1) is 0 Å². The maximum atomic E-state index is 10.9. The summed E-state index contributed by atoms with van der Waals surface area (Å²) < 4.78 is 1.80. The quantitative estimate of drug-likeness (QED) is 0.837. The topological polar surface area (TPSA) is 92.9 Å². The number of anilines is 1. The average Bonchev–Trinajstić information content (AvgIpc) is 2.74. The molecule has 0 aromatic carbocycles. The molecule has 2 heterocycles. The summed E-state index contributed by atoms with van der Waals surface area (Å²) in [5, 5.41) is 16.1. The lowest BCUT2D eigenvalue weighted by atomic mass is 10.3. The number of carbonyl (C=O) groups is 1. The molecule has 0 aliphatic rings. The molecule has 0 amide bonds. The summed E-state index contributed by atoms with van der Waals surface area (Å²) >= 11 is 0. The van der Waals surface area contributed by atoms with Crippen molar-refractivity contribution >= 4 is 11.9 Å². The number of hydrogen-bond donors (Lipinski definition) is 2. The molecule has 0 spiro atoms. The normalized spacial score (nSPS) is 10.4.